The van der Waals surface area contributed by atoms with Crippen LogP contribution in [-0.2, 0) is 5.54 Å². The first-order valence-corrected chi connectivity index (χ1v) is 17.9. The Labute approximate surface area is 297 Å². The molecule has 0 radical (unpaired) electrons. The molecule has 3 aromatic heterocycles. The van der Waals surface area contributed by atoms with Gasteiger partial charge in [-0.15, -0.1) is 0 Å². The Hall–Kier alpha value is -5.64. The number of carbonyl (C=O) groups excluding carboxylic acids is 1. The standard InChI is InChI=1S/C41H41FN8O/c1-28-14-13-25-49(28)40(51)46-33-22-11-21-32(26-33)45-37-35(42)27-44-38(47-37)36-34-23-12-24-43-39(34)50(48-36)41(29-15-5-2-6-16-29,30-17-7-3-8-18-30)31-19-9-4-10-20-31/h2-10,12,15-20,23-24,27-28,32-33H,11,13-14,21-22,25-26H2,1H3,(H,46,51)(H,44,45,47)/t28-,32+,33-/m1/s1. The maximum atomic E-state index is 15.5. The third kappa shape index (κ3) is 6.09. The minimum absolute atomic E-state index is 0.00480. The van der Waals surface area contributed by atoms with E-state index in [9.17, 15) is 4.79 Å². The molecule has 1 aliphatic carbocycles. The largest absolute Gasteiger partial charge is 0.365 e. The quantitative estimate of drug-likeness (QED) is 0.159. The molecule has 6 aromatic rings. The highest BCUT2D eigenvalue weighted by atomic mass is 19.1. The van der Waals surface area contributed by atoms with Gasteiger partial charge in [0.25, 0.3) is 0 Å². The zero-order chi connectivity index (χ0) is 34.8. The lowest BCUT2D eigenvalue weighted by Gasteiger charge is -2.36. The number of carbonyl (C=O) groups is 1. The number of urea groups is 1. The number of pyridine rings is 1. The predicted octanol–water partition coefficient (Wildman–Crippen LogP) is 7.78. The van der Waals surface area contributed by atoms with E-state index < -0.39 is 11.4 Å². The number of likely N-dealkylation sites (tertiary alicyclic amines) is 1. The van der Waals surface area contributed by atoms with Crippen molar-refractivity contribution in [2.24, 2.45) is 0 Å². The molecule has 8 rings (SSSR count). The minimum atomic E-state index is -0.913. The van der Waals surface area contributed by atoms with Gasteiger partial charge >= 0.3 is 6.03 Å². The number of fused-ring (bicyclic) bond motifs is 1. The van der Waals surface area contributed by atoms with Crippen LogP contribution in [0.1, 0.15) is 62.1 Å². The lowest BCUT2D eigenvalue weighted by molar-refractivity contribution is 0.187. The van der Waals surface area contributed by atoms with Crippen molar-refractivity contribution in [1.82, 2.24) is 34.9 Å². The fraction of sp³-hybridized carbons (Fsp3) is 0.293. The van der Waals surface area contributed by atoms with Crippen LogP contribution in [0.15, 0.2) is 116 Å². The maximum Gasteiger partial charge on any atom is 0.317 e. The third-order valence-corrected chi connectivity index (χ3v) is 10.4. The van der Waals surface area contributed by atoms with Crippen molar-refractivity contribution >= 4 is 22.9 Å². The van der Waals surface area contributed by atoms with Crippen molar-refractivity contribution in [3.63, 3.8) is 0 Å². The normalized spacial score (nSPS) is 19.3. The first-order chi connectivity index (χ1) is 25.0. The first kappa shape index (κ1) is 32.6. The van der Waals surface area contributed by atoms with Gasteiger partial charge in [-0.3, -0.25) is 0 Å². The number of nitrogens with zero attached hydrogens (tertiary/aromatic N) is 6. The number of hydrogen-bond donors (Lipinski definition) is 2. The molecule has 1 aliphatic heterocycles. The summed E-state index contributed by atoms with van der Waals surface area (Å²) in [6.07, 6.45) is 8.38. The topological polar surface area (TPSA) is 101 Å². The van der Waals surface area contributed by atoms with E-state index in [1.807, 2.05) is 76.3 Å². The van der Waals surface area contributed by atoms with Gasteiger partial charge < -0.3 is 15.5 Å². The Kier molecular flexibility index (Phi) is 8.90. The lowest BCUT2D eigenvalue weighted by Crippen LogP contribution is -2.48. The highest BCUT2D eigenvalue weighted by molar-refractivity contribution is 5.90. The number of nitrogens with one attached hydrogen (secondary N) is 2. The van der Waals surface area contributed by atoms with Crippen LogP contribution in [-0.4, -0.2) is 60.3 Å². The second-order valence-corrected chi connectivity index (χ2v) is 13.7. The number of benzene rings is 3. The van der Waals surface area contributed by atoms with Crippen LogP contribution in [0.25, 0.3) is 22.6 Å². The molecular weight excluding hydrogens is 640 g/mol. The Bertz CT molecular complexity index is 2030. The van der Waals surface area contributed by atoms with Crippen LogP contribution in [0.4, 0.5) is 15.0 Å². The monoisotopic (exact) mass is 680 g/mol. The molecule has 10 heteroatoms. The number of anilines is 1. The van der Waals surface area contributed by atoms with Crippen molar-refractivity contribution in [1.29, 1.82) is 0 Å². The molecule has 51 heavy (non-hydrogen) atoms. The summed E-state index contributed by atoms with van der Waals surface area (Å²) in [7, 11) is 0. The van der Waals surface area contributed by atoms with Gasteiger partial charge in [0, 0.05) is 30.9 Å². The number of rotatable bonds is 8. The zero-order valence-electron chi connectivity index (χ0n) is 28.6. The number of halogens is 1. The van der Waals surface area contributed by atoms with Crippen molar-refractivity contribution in [3.05, 3.63) is 138 Å². The van der Waals surface area contributed by atoms with Crippen LogP contribution >= 0.6 is 0 Å². The molecule has 1 saturated heterocycles. The SMILES string of the molecule is C[C@@H]1CCCN1C(=O)N[C@@H]1CCC[C@H](Nc2nc(-c3nn(C(c4ccccc4)(c4ccccc4)c4ccccc4)c4ncccc34)ncc2F)C1. The molecule has 0 bridgehead atoms. The van der Waals surface area contributed by atoms with Gasteiger partial charge in [0.1, 0.15) is 11.2 Å². The van der Waals surface area contributed by atoms with Gasteiger partial charge in [0.2, 0.25) is 0 Å². The van der Waals surface area contributed by atoms with E-state index >= 15 is 4.39 Å². The van der Waals surface area contributed by atoms with E-state index in [-0.39, 0.29) is 30.0 Å². The summed E-state index contributed by atoms with van der Waals surface area (Å²) in [4.78, 5) is 29.0. The highest BCUT2D eigenvalue weighted by Gasteiger charge is 2.41. The van der Waals surface area contributed by atoms with Gasteiger partial charge in [0.05, 0.1) is 11.6 Å². The Morgan fingerprint density at radius 1 is 0.804 bits per heavy atom. The summed E-state index contributed by atoms with van der Waals surface area (Å²) >= 11 is 0. The van der Waals surface area contributed by atoms with Crippen LogP contribution in [0, 0.1) is 5.82 Å². The van der Waals surface area contributed by atoms with E-state index in [2.05, 4.69) is 58.9 Å². The maximum absolute atomic E-state index is 15.5. The average Bonchev–Trinajstić information content (AvgIpc) is 3.79. The van der Waals surface area contributed by atoms with Gasteiger partial charge in [-0.25, -0.2) is 28.8 Å². The molecule has 2 amide bonds. The second kappa shape index (κ2) is 13.9. The van der Waals surface area contributed by atoms with E-state index in [0.717, 1.165) is 60.7 Å². The molecule has 2 fully saturated rings. The van der Waals surface area contributed by atoms with Gasteiger partial charge in [0.15, 0.2) is 23.1 Å². The highest BCUT2D eigenvalue weighted by Crippen LogP contribution is 2.43. The van der Waals surface area contributed by atoms with Crippen LogP contribution < -0.4 is 10.6 Å². The summed E-state index contributed by atoms with van der Waals surface area (Å²) in [5, 5.41) is 12.6. The summed E-state index contributed by atoms with van der Waals surface area (Å²) in [5.74, 6) is -0.121. The molecule has 2 N–H and O–H groups in total. The summed E-state index contributed by atoms with van der Waals surface area (Å²) in [6, 6.07) is 34.9. The predicted molar refractivity (Wildman–Crippen MR) is 197 cm³/mol. The molecule has 3 atom stereocenters. The van der Waals surface area contributed by atoms with E-state index in [1.54, 1.807) is 6.20 Å². The molecule has 2 aliphatic rings. The fourth-order valence-corrected chi connectivity index (χ4v) is 7.98. The van der Waals surface area contributed by atoms with Gasteiger partial charge in [-0.2, -0.15) is 5.10 Å². The van der Waals surface area contributed by atoms with Crippen LogP contribution in [0.2, 0.25) is 0 Å². The summed E-state index contributed by atoms with van der Waals surface area (Å²) in [6.45, 7) is 2.89. The van der Waals surface area contributed by atoms with Crippen molar-refractivity contribution in [2.45, 2.75) is 69.1 Å². The molecule has 258 valence electrons. The fourth-order valence-electron chi connectivity index (χ4n) is 7.98. The van der Waals surface area contributed by atoms with E-state index in [1.165, 1.54) is 6.20 Å². The Balaban J connectivity index is 1.19. The minimum Gasteiger partial charge on any atom is -0.365 e. The lowest BCUT2D eigenvalue weighted by atomic mass is 9.77. The van der Waals surface area contributed by atoms with Crippen LogP contribution in [0.3, 0.4) is 0 Å². The van der Waals surface area contributed by atoms with Crippen molar-refractivity contribution in [3.8, 4) is 11.5 Å². The number of aromatic nitrogens is 5. The smallest absolute Gasteiger partial charge is 0.317 e. The summed E-state index contributed by atoms with van der Waals surface area (Å²) < 4.78 is 17.4. The van der Waals surface area contributed by atoms with E-state index in [0.29, 0.717) is 23.6 Å². The Morgan fingerprint density at radius 3 is 2.08 bits per heavy atom. The third-order valence-electron chi connectivity index (χ3n) is 10.4. The molecule has 0 spiro atoms. The van der Waals surface area contributed by atoms with Crippen molar-refractivity contribution in [2.75, 3.05) is 11.9 Å². The van der Waals surface area contributed by atoms with Gasteiger partial charge in [-0.05, 0) is 74.3 Å². The molecule has 9 nitrogen and oxygen atoms in total. The second-order valence-electron chi connectivity index (χ2n) is 13.7. The van der Waals surface area contributed by atoms with Gasteiger partial charge in [-0.1, -0.05) is 91.0 Å². The summed E-state index contributed by atoms with van der Waals surface area (Å²) in [5.41, 5.74) is 3.24. The molecule has 0 unspecified atom stereocenters. The average molecular weight is 681 g/mol. The Morgan fingerprint density at radius 2 is 1.45 bits per heavy atom. The van der Waals surface area contributed by atoms with E-state index in [4.69, 9.17) is 15.1 Å². The molecular formula is C41H41FN8O. The zero-order valence-corrected chi connectivity index (χ0v) is 28.6. The molecule has 3 aromatic carbocycles. The first-order valence-electron chi connectivity index (χ1n) is 17.9. The van der Waals surface area contributed by atoms with Crippen molar-refractivity contribution < 1.29 is 9.18 Å². The number of hydrogen-bond acceptors (Lipinski definition) is 6. The van der Waals surface area contributed by atoms with Crippen LogP contribution in [0.5, 0.6) is 0 Å². The number of amides is 2. The molecule has 1 saturated carbocycles. The molecule has 4 heterocycles.